The minimum absolute atomic E-state index is 0.0408. The van der Waals surface area contributed by atoms with E-state index in [0.29, 0.717) is 47.6 Å². The Morgan fingerprint density at radius 2 is 1.73 bits per heavy atom. The molecular formula is C34H40N4O7. The van der Waals surface area contributed by atoms with E-state index in [1.165, 1.54) is 12.0 Å². The van der Waals surface area contributed by atoms with E-state index in [4.69, 9.17) is 9.15 Å². The number of piperidine rings is 1. The Kier molecular flexibility index (Phi) is 10.2. The molecule has 0 radical (unpaired) electrons. The number of ether oxygens (including phenoxy) is 1. The first-order valence-electron chi connectivity index (χ1n) is 15.4. The van der Waals surface area contributed by atoms with Crippen molar-refractivity contribution in [3.05, 3.63) is 80.9 Å². The maximum atomic E-state index is 13.8. The van der Waals surface area contributed by atoms with Gasteiger partial charge in [-0.25, -0.2) is 4.79 Å². The van der Waals surface area contributed by atoms with Crippen molar-refractivity contribution in [2.45, 2.75) is 44.9 Å². The summed E-state index contributed by atoms with van der Waals surface area (Å²) in [4.78, 5) is 54.4. The van der Waals surface area contributed by atoms with Crippen molar-refractivity contribution in [2.75, 3.05) is 46.4 Å². The fraction of sp³-hybridized carbons (Fsp3) is 0.412. The number of carbonyl (C=O) groups is 3. The van der Waals surface area contributed by atoms with Crippen molar-refractivity contribution in [3.8, 4) is 22.6 Å². The molecule has 1 saturated heterocycles. The summed E-state index contributed by atoms with van der Waals surface area (Å²) in [5.41, 5.74) is 2.17. The predicted molar refractivity (Wildman–Crippen MR) is 169 cm³/mol. The van der Waals surface area contributed by atoms with Gasteiger partial charge < -0.3 is 35.1 Å². The Morgan fingerprint density at radius 3 is 2.49 bits per heavy atom. The van der Waals surface area contributed by atoms with Gasteiger partial charge in [0.05, 0.1) is 12.7 Å². The molecule has 0 aliphatic carbocycles. The second-order valence-corrected chi connectivity index (χ2v) is 11.5. The molecule has 0 unspecified atom stereocenters. The van der Waals surface area contributed by atoms with Crippen LogP contribution in [-0.2, 0) is 11.2 Å². The second kappa shape index (κ2) is 14.4. The Labute approximate surface area is 262 Å². The predicted octanol–water partition coefficient (Wildman–Crippen LogP) is 3.12. The summed E-state index contributed by atoms with van der Waals surface area (Å²) in [6.45, 7) is 4.20. The van der Waals surface area contributed by atoms with E-state index in [1.54, 1.807) is 43.3 Å². The largest absolute Gasteiger partial charge is 0.507 e. The third kappa shape index (κ3) is 7.54. The first kappa shape index (κ1) is 31.8. The third-order valence-corrected chi connectivity index (χ3v) is 8.46. The molecule has 45 heavy (non-hydrogen) atoms. The molecule has 11 nitrogen and oxygen atoms in total. The van der Waals surface area contributed by atoms with Crippen LogP contribution in [0, 0.1) is 6.92 Å². The Bertz CT molecular complexity index is 1630. The fourth-order valence-corrected chi connectivity index (χ4v) is 5.96. The van der Waals surface area contributed by atoms with Crippen LogP contribution in [0.25, 0.3) is 11.1 Å². The minimum Gasteiger partial charge on any atom is -0.507 e. The van der Waals surface area contributed by atoms with Gasteiger partial charge in [-0.3, -0.25) is 14.4 Å². The summed E-state index contributed by atoms with van der Waals surface area (Å²) in [5, 5.41) is 19.7. The normalized spacial score (nSPS) is 17.1. The summed E-state index contributed by atoms with van der Waals surface area (Å²) in [5.74, 6) is 0.0579. The number of benzene rings is 2. The minimum atomic E-state index is -0.678. The van der Waals surface area contributed by atoms with Crippen molar-refractivity contribution >= 4 is 17.7 Å². The van der Waals surface area contributed by atoms with E-state index in [9.17, 15) is 24.3 Å². The van der Waals surface area contributed by atoms with Crippen molar-refractivity contribution in [2.24, 2.45) is 0 Å². The van der Waals surface area contributed by atoms with E-state index in [1.807, 2.05) is 6.07 Å². The smallest absolute Gasteiger partial charge is 0.349 e. The van der Waals surface area contributed by atoms with Crippen LogP contribution >= 0.6 is 0 Å². The number of phenolic OH excluding ortho intramolecular Hbond substituents is 1. The summed E-state index contributed by atoms with van der Waals surface area (Å²) in [7, 11) is 1.47. The van der Waals surface area contributed by atoms with Crippen molar-refractivity contribution in [1.82, 2.24) is 20.9 Å². The number of carbonyl (C=O) groups excluding carboxylic acids is 3. The molecule has 11 heteroatoms. The quantitative estimate of drug-likeness (QED) is 0.351. The van der Waals surface area contributed by atoms with E-state index in [0.717, 1.165) is 31.5 Å². The lowest BCUT2D eigenvalue weighted by Gasteiger charge is -2.25. The number of aryl methyl sites for hydroxylation is 1. The molecule has 4 N–H and O–H groups in total. The van der Waals surface area contributed by atoms with Crippen LogP contribution in [0.15, 0.2) is 51.7 Å². The van der Waals surface area contributed by atoms with Gasteiger partial charge >= 0.3 is 5.63 Å². The summed E-state index contributed by atoms with van der Waals surface area (Å²) in [6, 6.07) is 12.1. The number of nitrogens with one attached hydrogen (secondary N) is 3. The Hall–Kier alpha value is -4.64. The van der Waals surface area contributed by atoms with Gasteiger partial charge in [0.2, 0.25) is 5.91 Å². The molecule has 2 aromatic carbocycles. The van der Waals surface area contributed by atoms with Gasteiger partial charge in [0.1, 0.15) is 22.8 Å². The number of fused-ring (bicyclic) bond motifs is 5. The van der Waals surface area contributed by atoms with E-state index in [2.05, 4.69) is 16.0 Å². The molecule has 3 aromatic rings. The average molecular weight is 617 g/mol. The number of phenols is 1. The highest BCUT2D eigenvalue weighted by atomic mass is 16.5. The summed E-state index contributed by atoms with van der Waals surface area (Å²) in [6.07, 6.45) is 2.79. The van der Waals surface area contributed by atoms with Crippen LogP contribution in [-0.4, -0.2) is 74.1 Å². The molecule has 0 spiro atoms. The number of hydrogen-bond donors (Lipinski definition) is 4. The molecule has 2 aliphatic rings. The lowest BCUT2D eigenvalue weighted by Crippen LogP contribution is -2.41. The zero-order chi connectivity index (χ0) is 31.9. The van der Waals surface area contributed by atoms with Gasteiger partial charge in [0, 0.05) is 44.1 Å². The van der Waals surface area contributed by atoms with E-state index < -0.39 is 17.4 Å². The van der Waals surface area contributed by atoms with Crippen molar-refractivity contribution in [1.29, 1.82) is 0 Å². The number of aromatic hydroxyl groups is 1. The van der Waals surface area contributed by atoms with E-state index in [-0.39, 0.29) is 54.8 Å². The fourth-order valence-electron chi connectivity index (χ4n) is 5.96. The molecule has 2 aliphatic heterocycles. The lowest BCUT2D eigenvalue weighted by molar-refractivity contribution is -0.121. The lowest BCUT2D eigenvalue weighted by atomic mass is 9.94. The maximum absolute atomic E-state index is 13.8. The number of methoxy groups -OCH3 is 1. The highest BCUT2D eigenvalue weighted by Gasteiger charge is 2.26. The van der Waals surface area contributed by atoms with Gasteiger partial charge in [0.25, 0.3) is 11.8 Å². The second-order valence-electron chi connectivity index (χ2n) is 11.5. The number of rotatable bonds is 3. The molecule has 1 fully saturated rings. The van der Waals surface area contributed by atoms with Gasteiger partial charge in [-0.05, 0) is 92.7 Å². The molecule has 3 amide bonds. The Morgan fingerprint density at radius 1 is 0.933 bits per heavy atom. The van der Waals surface area contributed by atoms with Crippen molar-refractivity contribution in [3.63, 3.8) is 0 Å². The zero-order valence-electron chi connectivity index (χ0n) is 25.7. The van der Waals surface area contributed by atoms with Crippen LogP contribution in [0.5, 0.6) is 11.5 Å². The van der Waals surface area contributed by atoms with Gasteiger partial charge in [0.15, 0.2) is 0 Å². The van der Waals surface area contributed by atoms with Crippen LogP contribution < -0.4 is 26.3 Å². The van der Waals surface area contributed by atoms with Crippen LogP contribution in [0.3, 0.4) is 0 Å². The third-order valence-electron chi connectivity index (χ3n) is 8.46. The topological polar surface area (TPSA) is 150 Å². The molecule has 3 heterocycles. The molecular weight excluding hydrogens is 576 g/mol. The first-order valence-corrected chi connectivity index (χ1v) is 15.4. The Balaban J connectivity index is 1.41. The molecule has 0 atom stereocenters. The number of amides is 3. The molecule has 238 valence electrons. The number of hydrogen-bond acceptors (Lipinski definition) is 8. The van der Waals surface area contributed by atoms with Gasteiger partial charge in [-0.15, -0.1) is 0 Å². The standard InChI is InChI=1S/C34H40N4O7/c1-21-18-29(23-10-12-35-13-11-23)45-34(43)31(21)33(42)38-16-3-4-30(40)36-14-9-22-5-7-27(39)25(19-22)24-6-8-28(44-2)26(20-24)32(41)37-15-17-38/h5-8,18-20,23,35,39H,3-4,9-17H2,1-2H3,(H,36,40)(H,37,41). The monoisotopic (exact) mass is 616 g/mol. The summed E-state index contributed by atoms with van der Waals surface area (Å²) < 4.78 is 11.1. The summed E-state index contributed by atoms with van der Waals surface area (Å²) >= 11 is 0. The molecule has 0 saturated carbocycles. The zero-order valence-corrected chi connectivity index (χ0v) is 25.7. The SMILES string of the molecule is COc1ccc2cc1C(=O)NCCN(C(=O)c1c(C)cc(C3CCNCC3)oc1=O)CCCC(=O)NCCc1ccc(O)c-2c1. The number of nitrogens with zero attached hydrogens (tertiary/aromatic N) is 1. The molecule has 4 bridgehead atoms. The highest BCUT2D eigenvalue weighted by molar-refractivity contribution is 5.98. The van der Waals surface area contributed by atoms with Crippen LogP contribution in [0.4, 0.5) is 0 Å². The van der Waals surface area contributed by atoms with Crippen LogP contribution in [0.1, 0.15) is 69.2 Å². The van der Waals surface area contributed by atoms with Gasteiger partial charge in [-0.2, -0.15) is 0 Å². The van der Waals surface area contributed by atoms with Crippen molar-refractivity contribution < 1.29 is 28.6 Å². The van der Waals surface area contributed by atoms with E-state index >= 15 is 0 Å². The first-order chi connectivity index (χ1) is 21.7. The average Bonchev–Trinajstić information content (AvgIpc) is 3.04. The van der Waals surface area contributed by atoms with Crippen LogP contribution in [0.2, 0.25) is 0 Å². The maximum Gasteiger partial charge on any atom is 0.349 e. The molecule has 1 aromatic heterocycles. The highest BCUT2D eigenvalue weighted by Crippen LogP contribution is 2.33. The molecule has 5 rings (SSSR count). The van der Waals surface area contributed by atoms with Gasteiger partial charge in [-0.1, -0.05) is 12.1 Å².